The van der Waals surface area contributed by atoms with Crippen LogP contribution in [-0.2, 0) is 34.0 Å². The van der Waals surface area contributed by atoms with Gasteiger partial charge in [0.15, 0.2) is 0 Å². The highest BCUT2D eigenvalue weighted by atomic mass is 32.2. The van der Waals surface area contributed by atoms with E-state index in [2.05, 4.69) is 0 Å². The second kappa shape index (κ2) is 8.09. The molecule has 1 N–H and O–H groups in total. The van der Waals surface area contributed by atoms with Crippen molar-refractivity contribution in [2.24, 2.45) is 23.7 Å². The van der Waals surface area contributed by atoms with Gasteiger partial charge in [-0.15, -0.1) is 0 Å². The highest BCUT2D eigenvalue weighted by Gasteiger charge is 2.70. The van der Waals surface area contributed by atoms with Crippen molar-refractivity contribution in [3.8, 4) is 5.75 Å². The molecular formula is C23H28O9S. The maximum Gasteiger partial charge on any atom is 0.315 e. The number of hydrogen-bond acceptors (Lipinski definition) is 8. The molecule has 2 aliphatic carbocycles. The normalized spacial score (nSPS) is 30.1. The van der Waals surface area contributed by atoms with Gasteiger partial charge in [0.25, 0.3) is 10.1 Å². The predicted octanol–water partition coefficient (Wildman–Crippen LogP) is 2.82. The predicted molar refractivity (Wildman–Crippen MR) is 114 cm³/mol. The Labute approximate surface area is 192 Å². The van der Waals surface area contributed by atoms with Crippen molar-refractivity contribution in [3.63, 3.8) is 0 Å². The average Bonchev–Trinajstić information content (AvgIpc) is 3.29. The van der Waals surface area contributed by atoms with Crippen molar-refractivity contribution in [3.05, 3.63) is 23.3 Å². The molecular weight excluding hydrogens is 452 g/mol. The van der Waals surface area contributed by atoms with Gasteiger partial charge < -0.3 is 14.2 Å². The molecule has 6 atom stereocenters. The van der Waals surface area contributed by atoms with Crippen LogP contribution in [0.3, 0.4) is 0 Å². The molecule has 1 aliphatic heterocycles. The topological polar surface area (TPSA) is 133 Å². The van der Waals surface area contributed by atoms with E-state index in [9.17, 15) is 27.4 Å². The van der Waals surface area contributed by atoms with Crippen molar-refractivity contribution in [2.45, 2.75) is 70.0 Å². The van der Waals surface area contributed by atoms with E-state index >= 15 is 0 Å². The van der Waals surface area contributed by atoms with E-state index in [1.54, 1.807) is 27.7 Å². The SMILES string of the molecule is CC(=O)OC1C2CC3C1OC(=O)C3C2C(=O)Oc1cc(C(C)C)c(S(=O)(=O)O)c(C(C)C)c1. The summed E-state index contributed by atoms with van der Waals surface area (Å²) in [5, 5.41) is 0. The molecule has 1 aromatic carbocycles. The largest absolute Gasteiger partial charge is 0.458 e. The molecule has 6 unspecified atom stereocenters. The van der Waals surface area contributed by atoms with Crippen LogP contribution in [0.25, 0.3) is 0 Å². The Kier molecular flexibility index (Phi) is 5.81. The minimum absolute atomic E-state index is 0.134. The first-order valence-corrected chi connectivity index (χ1v) is 12.5. The van der Waals surface area contributed by atoms with Crippen molar-refractivity contribution >= 4 is 28.0 Å². The lowest BCUT2D eigenvalue weighted by molar-refractivity contribution is -0.161. The summed E-state index contributed by atoms with van der Waals surface area (Å²) in [4.78, 5) is 37.1. The van der Waals surface area contributed by atoms with Crippen LogP contribution in [0.1, 0.15) is 64.0 Å². The number of fused-ring (bicyclic) bond motifs is 1. The van der Waals surface area contributed by atoms with Gasteiger partial charge in [-0.3, -0.25) is 18.9 Å². The van der Waals surface area contributed by atoms with Crippen LogP contribution >= 0.6 is 0 Å². The van der Waals surface area contributed by atoms with Gasteiger partial charge in [-0.05, 0) is 41.5 Å². The summed E-state index contributed by atoms with van der Waals surface area (Å²) in [6.07, 6.45) is -0.698. The Balaban J connectivity index is 1.69. The van der Waals surface area contributed by atoms with Gasteiger partial charge in [-0.1, -0.05) is 27.7 Å². The first kappa shape index (κ1) is 23.7. The Morgan fingerprint density at radius 3 is 2.15 bits per heavy atom. The summed E-state index contributed by atoms with van der Waals surface area (Å²) >= 11 is 0. The van der Waals surface area contributed by atoms with Gasteiger partial charge in [0.2, 0.25) is 0 Å². The monoisotopic (exact) mass is 480 g/mol. The number of carbonyl (C=O) groups excluding carboxylic acids is 3. The van der Waals surface area contributed by atoms with E-state index < -0.39 is 52.1 Å². The molecule has 180 valence electrons. The standard InChI is InChI=1S/C23H28O9S/c1-9(2)13-6-12(7-14(10(3)4)21(13)33(27,28)29)31-22(25)17-15-8-16-18(17)23(26)32-20(16)19(15)30-11(5)24/h6-7,9-10,15-20H,8H2,1-5H3,(H,27,28,29). The summed E-state index contributed by atoms with van der Waals surface area (Å²) in [5.74, 6) is -4.13. The van der Waals surface area contributed by atoms with Gasteiger partial charge in [0.1, 0.15) is 22.9 Å². The zero-order valence-corrected chi connectivity index (χ0v) is 19.9. The fourth-order valence-electron chi connectivity index (χ4n) is 5.71. The van der Waals surface area contributed by atoms with Crippen LogP contribution in [0.2, 0.25) is 0 Å². The Morgan fingerprint density at radius 1 is 1.09 bits per heavy atom. The summed E-state index contributed by atoms with van der Waals surface area (Å²) in [5.41, 5.74) is 0.662. The van der Waals surface area contributed by atoms with Gasteiger partial charge in [-0.25, -0.2) is 0 Å². The van der Waals surface area contributed by atoms with Crippen LogP contribution < -0.4 is 4.74 Å². The van der Waals surface area contributed by atoms with Gasteiger partial charge >= 0.3 is 17.9 Å². The van der Waals surface area contributed by atoms with Crippen LogP contribution in [0, 0.1) is 23.7 Å². The van der Waals surface area contributed by atoms with Crippen LogP contribution in [0.5, 0.6) is 5.75 Å². The summed E-state index contributed by atoms with van der Waals surface area (Å²) in [6, 6.07) is 2.87. The van der Waals surface area contributed by atoms with Gasteiger partial charge in [-0.2, -0.15) is 8.42 Å². The fraction of sp³-hybridized carbons (Fsp3) is 0.609. The van der Waals surface area contributed by atoms with Crippen molar-refractivity contribution in [1.82, 2.24) is 0 Å². The lowest BCUT2D eigenvalue weighted by atomic mass is 9.78. The second-order valence-corrected chi connectivity index (χ2v) is 11.1. The maximum absolute atomic E-state index is 13.3. The van der Waals surface area contributed by atoms with Gasteiger partial charge in [0, 0.05) is 18.8 Å². The van der Waals surface area contributed by atoms with Crippen LogP contribution in [-0.4, -0.2) is 43.1 Å². The Morgan fingerprint density at radius 2 is 1.67 bits per heavy atom. The van der Waals surface area contributed by atoms with Crippen molar-refractivity contribution < 1.29 is 41.6 Å². The number of esters is 3. The summed E-state index contributed by atoms with van der Waals surface area (Å²) in [6.45, 7) is 8.36. The van der Waals surface area contributed by atoms with Crippen molar-refractivity contribution in [2.75, 3.05) is 0 Å². The Hall–Kier alpha value is -2.46. The molecule has 3 aliphatic rings. The molecule has 2 saturated carbocycles. The zero-order chi connectivity index (χ0) is 24.4. The first-order chi connectivity index (χ1) is 15.3. The van der Waals surface area contributed by atoms with Crippen LogP contribution in [0.15, 0.2) is 17.0 Å². The average molecular weight is 481 g/mol. The molecule has 0 aromatic heterocycles. The molecule has 4 rings (SSSR count). The molecule has 1 saturated heterocycles. The summed E-state index contributed by atoms with van der Waals surface area (Å²) < 4.78 is 50.6. The smallest absolute Gasteiger partial charge is 0.315 e. The molecule has 9 nitrogen and oxygen atoms in total. The van der Waals surface area contributed by atoms with E-state index in [1.807, 2.05) is 0 Å². The Bertz CT molecular complexity index is 1090. The molecule has 0 amide bonds. The molecule has 1 heterocycles. The third-order valence-corrected chi connectivity index (χ3v) is 7.95. The van der Waals surface area contributed by atoms with Crippen LogP contribution in [0.4, 0.5) is 0 Å². The zero-order valence-electron chi connectivity index (χ0n) is 19.1. The summed E-state index contributed by atoms with van der Waals surface area (Å²) in [7, 11) is -4.51. The first-order valence-electron chi connectivity index (χ1n) is 11.1. The minimum Gasteiger partial charge on any atom is -0.458 e. The fourth-order valence-corrected chi connectivity index (χ4v) is 6.89. The molecule has 1 aromatic rings. The number of ether oxygens (including phenoxy) is 3. The second-order valence-electron chi connectivity index (χ2n) is 9.73. The number of benzene rings is 1. The lowest BCUT2D eigenvalue weighted by Crippen LogP contribution is -2.44. The highest BCUT2D eigenvalue weighted by molar-refractivity contribution is 7.86. The molecule has 10 heteroatoms. The number of hydrogen-bond donors (Lipinski definition) is 1. The molecule has 3 fully saturated rings. The minimum atomic E-state index is -4.51. The quantitative estimate of drug-likeness (QED) is 0.370. The molecule has 0 radical (unpaired) electrons. The number of rotatable bonds is 6. The van der Waals surface area contributed by atoms with E-state index in [4.69, 9.17) is 14.2 Å². The van der Waals surface area contributed by atoms with E-state index in [0.717, 1.165) is 0 Å². The lowest BCUT2D eigenvalue weighted by Gasteiger charge is -2.30. The van der Waals surface area contributed by atoms with E-state index in [-0.39, 0.29) is 34.3 Å². The van der Waals surface area contributed by atoms with E-state index in [0.29, 0.717) is 17.5 Å². The third kappa shape index (κ3) is 3.93. The highest BCUT2D eigenvalue weighted by Crippen LogP contribution is 2.59. The molecule has 0 spiro atoms. The maximum atomic E-state index is 13.3. The number of carbonyl (C=O) groups is 3. The third-order valence-electron chi connectivity index (χ3n) is 6.96. The van der Waals surface area contributed by atoms with Crippen molar-refractivity contribution in [1.29, 1.82) is 0 Å². The molecule has 2 bridgehead atoms. The molecule has 33 heavy (non-hydrogen) atoms. The van der Waals surface area contributed by atoms with E-state index in [1.165, 1.54) is 19.1 Å². The van der Waals surface area contributed by atoms with Gasteiger partial charge in [0.05, 0.1) is 11.8 Å².